The summed E-state index contributed by atoms with van der Waals surface area (Å²) in [5.41, 5.74) is 0.303. The zero-order chi connectivity index (χ0) is 15.3. The zero-order valence-corrected chi connectivity index (χ0v) is 12.8. The number of hydrogen-bond acceptors (Lipinski definition) is 5. The second kappa shape index (κ2) is 6.65. The molecule has 1 aromatic heterocycles. The molecule has 0 aromatic carbocycles. The van der Waals surface area contributed by atoms with E-state index in [0.29, 0.717) is 17.9 Å². The summed E-state index contributed by atoms with van der Waals surface area (Å²) in [6, 6.07) is 3.47. The van der Waals surface area contributed by atoms with E-state index in [1.807, 2.05) is 0 Å². The topological polar surface area (TPSA) is 78.4 Å². The van der Waals surface area contributed by atoms with Crippen LogP contribution >= 0.6 is 0 Å². The largest absolute Gasteiger partial charge is 0.396 e. The fourth-order valence-corrected chi connectivity index (χ4v) is 1.78. The molecular formula is C14H24N4O2. The lowest BCUT2D eigenvalue weighted by Gasteiger charge is -2.31. The molecule has 112 valence electrons. The van der Waals surface area contributed by atoms with Gasteiger partial charge in [-0.3, -0.25) is 4.79 Å². The summed E-state index contributed by atoms with van der Waals surface area (Å²) in [6.45, 7) is 6.40. The first-order chi connectivity index (χ1) is 9.25. The molecule has 6 heteroatoms. The first kappa shape index (κ1) is 16.4. The third-order valence-electron chi connectivity index (χ3n) is 3.08. The van der Waals surface area contributed by atoms with Gasteiger partial charge < -0.3 is 15.3 Å². The van der Waals surface area contributed by atoms with Crippen molar-refractivity contribution in [1.82, 2.24) is 15.1 Å². The molecule has 2 N–H and O–H groups in total. The van der Waals surface area contributed by atoms with Gasteiger partial charge in [-0.15, -0.1) is 10.2 Å². The van der Waals surface area contributed by atoms with E-state index in [1.54, 1.807) is 26.2 Å². The number of aliphatic hydroxyl groups excluding tert-OH is 1. The first-order valence-electron chi connectivity index (χ1n) is 6.68. The summed E-state index contributed by atoms with van der Waals surface area (Å²) in [5.74, 6) is 0.431. The smallest absolute Gasteiger partial charge is 0.273 e. The average molecular weight is 280 g/mol. The monoisotopic (exact) mass is 280 g/mol. The number of nitrogens with one attached hydrogen (secondary N) is 1. The van der Waals surface area contributed by atoms with Crippen LogP contribution in [0.3, 0.4) is 0 Å². The van der Waals surface area contributed by atoms with Crippen molar-refractivity contribution >= 4 is 11.7 Å². The van der Waals surface area contributed by atoms with Crippen LogP contribution in [0.15, 0.2) is 12.1 Å². The van der Waals surface area contributed by atoms with Crippen LogP contribution in [-0.2, 0) is 0 Å². The molecule has 6 nitrogen and oxygen atoms in total. The fourth-order valence-electron chi connectivity index (χ4n) is 1.78. The maximum absolute atomic E-state index is 11.7. The average Bonchev–Trinajstić information content (AvgIpc) is 2.37. The summed E-state index contributed by atoms with van der Waals surface area (Å²) in [7, 11) is 3.35. The Balaban J connectivity index is 2.80. The third kappa shape index (κ3) is 4.45. The Labute approximate surface area is 120 Å². The fraction of sp³-hybridized carbons (Fsp3) is 0.643. The zero-order valence-electron chi connectivity index (χ0n) is 12.8. The Morgan fingerprint density at radius 2 is 2.00 bits per heavy atom. The Hall–Kier alpha value is -1.69. The molecule has 0 aliphatic heterocycles. The molecule has 1 heterocycles. The predicted molar refractivity (Wildman–Crippen MR) is 78.6 cm³/mol. The van der Waals surface area contributed by atoms with Crippen molar-refractivity contribution in [3.8, 4) is 0 Å². The molecule has 1 aromatic rings. The van der Waals surface area contributed by atoms with Gasteiger partial charge in [-0.25, -0.2) is 0 Å². The van der Waals surface area contributed by atoms with Gasteiger partial charge in [0, 0.05) is 26.7 Å². The standard InChI is InChI=1S/C14H24N4O2/c1-14(2,3)11(8-9-19)15-12-7-6-10(16-17-12)13(20)18(4)5/h6-7,11,19H,8-9H2,1-5H3,(H,15,17). The number of carbonyl (C=O) groups is 1. The van der Waals surface area contributed by atoms with Gasteiger partial charge in [0.1, 0.15) is 5.82 Å². The molecule has 0 fully saturated rings. The minimum Gasteiger partial charge on any atom is -0.396 e. The minimum atomic E-state index is -0.174. The SMILES string of the molecule is CN(C)C(=O)c1ccc(NC(CCO)C(C)(C)C)nn1. The highest BCUT2D eigenvalue weighted by atomic mass is 16.3. The van der Waals surface area contributed by atoms with Gasteiger partial charge >= 0.3 is 0 Å². The molecule has 1 atom stereocenters. The molecule has 1 unspecified atom stereocenters. The molecule has 0 aliphatic carbocycles. The lowest BCUT2D eigenvalue weighted by atomic mass is 9.85. The number of anilines is 1. The first-order valence-corrected chi connectivity index (χ1v) is 6.68. The molecule has 0 radical (unpaired) electrons. The Morgan fingerprint density at radius 3 is 2.40 bits per heavy atom. The highest BCUT2D eigenvalue weighted by molar-refractivity contribution is 5.91. The molecule has 20 heavy (non-hydrogen) atoms. The summed E-state index contributed by atoms with van der Waals surface area (Å²) >= 11 is 0. The van der Waals surface area contributed by atoms with Crippen molar-refractivity contribution in [2.45, 2.75) is 33.2 Å². The quantitative estimate of drug-likeness (QED) is 0.852. The third-order valence-corrected chi connectivity index (χ3v) is 3.08. The number of carbonyl (C=O) groups excluding carboxylic acids is 1. The molecule has 1 rings (SSSR count). The van der Waals surface area contributed by atoms with Crippen LogP contribution in [0.1, 0.15) is 37.7 Å². The summed E-state index contributed by atoms with van der Waals surface area (Å²) in [5, 5.41) is 20.3. The van der Waals surface area contributed by atoms with Gasteiger partial charge in [0.25, 0.3) is 5.91 Å². The highest BCUT2D eigenvalue weighted by Gasteiger charge is 2.24. The maximum Gasteiger partial charge on any atom is 0.273 e. The predicted octanol–water partition coefficient (Wildman–Crippen LogP) is 1.39. The highest BCUT2D eigenvalue weighted by Crippen LogP contribution is 2.24. The Morgan fingerprint density at radius 1 is 1.35 bits per heavy atom. The van der Waals surface area contributed by atoms with E-state index >= 15 is 0 Å². The molecule has 0 saturated heterocycles. The maximum atomic E-state index is 11.7. The van der Waals surface area contributed by atoms with E-state index in [9.17, 15) is 4.79 Å². The molecule has 0 aliphatic rings. The number of aliphatic hydroxyl groups is 1. The van der Waals surface area contributed by atoms with Crippen LogP contribution in [0.5, 0.6) is 0 Å². The molecule has 0 saturated carbocycles. The van der Waals surface area contributed by atoms with Crippen molar-refractivity contribution < 1.29 is 9.90 Å². The van der Waals surface area contributed by atoms with Crippen LogP contribution in [0.25, 0.3) is 0 Å². The van der Waals surface area contributed by atoms with Crippen molar-refractivity contribution in [3.05, 3.63) is 17.8 Å². The van der Waals surface area contributed by atoms with Gasteiger partial charge in [-0.05, 0) is 24.0 Å². The van der Waals surface area contributed by atoms with E-state index < -0.39 is 0 Å². The second-order valence-electron chi connectivity index (χ2n) is 6.08. The number of hydrogen-bond donors (Lipinski definition) is 2. The second-order valence-corrected chi connectivity index (χ2v) is 6.08. The van der Waals surface area contributed by atoms with Crippen LogP contribution in [-0.4, -0.2) is 52.9 Å². The molecule has 0 spiro atoms. The van der Waals surface area contributed by atoms with Gasteiger partial charge in [-0.1, -0.05) is 20.8 Å². The summed E-state index contributed by atoms with van der Waals surface area (Å²) in [4.78, 5) is 13.2. The minimum absolute atomic E-state index is 0.0114. The van der Waals surface area contributed by atoms with Crippen LogP contribution in [0, 0.1) is 5.41 Å². The normalized spacial score (nSPS) is 12.9. The Kier molecular flexibility index (Phi) is 5.44. The van der Waals surface area contributed by atoms with Gasteiger partial charge in [0.2, 0.25) is 0 Å². The molecular weight excluding hydrogens is 256 g/mol. The van der Waals surface area contributed by atoms with E-state index in [0.717, 1.165) is 0 Å². The molecule has 0 bridgehead atoms. The molecule has 1 amide bonds. The van der Waals surface area contributed by atoms with Crippen LogP contribution < -0.4 is 5.32 Å². The lowest BCUT2D eigenvalue weighted by Crippen LogP contribution is -2.35. The van der Waals surface area contributed by atoms with Crippen molar-refractivity contribution in [1.29, 1.82) is 0 Å². The van der Waals surface area contributed by atoms with E-state index in [4.69, 9.17) is 5.11 Å². The van der Waals surface area contributed by atoms with E-state index in [-0.39, 0.29) is 24.0 Å². The van der Waals surface area contributed by atoms with Crippen LogP contribution in [0.4, 0.5) is 5.82 Å². The number of aromatic nitrogens is 2. The van der Waals surface area contributed by atoms with E-state index in [2.05, 4.69) is 36.3 Å². The summed E-state index contributed by atoms with van der Waals surface area (Å²) < 4.78 is 0. The van der Waals surface area contributed by atoms with Crippen molar-refractivity contribution in [2.24, 2.45) is 5.41 Å². The number of rotatable bonds is 5. The van der Waals surface area contributed by atoms with Crippen molar-refractivity contribution in [2.75, 3.05) is 26.0 Å². The number of amides is 1. The lowest BCUT2D eigenvalue weighted by molar-refractivity contribution is 0.0821. The van der Waals surface area contributed by atoms with Crippen molar-refractivity contribution in [3.63, 3.8) is 0 Å². The summed E-state index contributed by atoms with van der Waals surface area (Å²) in [6.07, 6.45) is 0.629. The van der Waals surface area contributed by atoms with Crippen LogP contribution in [0.2, 0.25) is 0 Å². The number of nitrogens with zero attached hydrogens (tertiary/aromatic N) is 3. The van der Waals surface area contributed by atoms with Gasteiger partial charge in [0.05, 0.1) is 0 Å². The van der Waals surface area contributed by atoms with E-state index in [1.165, 1.54) is 4.90 Å². The van der Waals surface area contributed by atoms with Gasteiger partial charge in [0.15, 0.2) is 5.69 Å². The van der Waals surface area contributed by atoms with Gasteiger partial charge in [-0.2, -0.15) is 0 Å². The Bertz CT molecular complexity index is 437.